The monoisotopic (exact) mass is 305 g/mol. The van der Waals surface area contributed by atoms with Gasteiger partial charge in [0.25, 0.3) is 5.56 Å². The van der Waals surface area contributed by atoms with Crippen LogP contribution in [0.15, 0.2) is 71.8 Å². The smallest absolute Gasteiger partial charge is 0.253 e. The molecule has 0 fully saturated rings. The van der Waals surface area contributed by atoms with Gasteiger partial charge in [0.05, 0.1) is 6.54 Å². The molecule has 0 saturated carbocycles. The van der Waals surface area contributed by atoms with E-state index in [2.05, 4.69) is 22.4 Å². The zero-order valence-electron chi connectivity index (χ0n) is 13.1. The maximum absolute atomic E-state index is 12.4. The maximum atomic E-state index is 12.4. The largest absolute Gasteiger partial charge is 0.381 e. The molecule has 3 rings (SSSR count). The van der Waals surface area contributed by atoms with Crippen molar-refractivity contribution in [3.05, 3.63) is 94.2 Å². The SMILES string of the molecule is Cc1cc(NCc2ccccc2)cc(=O)n1Cc1cccnc1. The molecule has 0 bridgehead atoms. The summed E-state index contributed by atoms with van der Waals surface area (Å²) in [4.78, 5) is 16.5. The first-order valence-corrected chi connectivity index (χ1v) is 7.60. The number of anilines is 1. The molecule has 2 aromatic heterocycles. The van der Waals surface area contributed by atoms with Crippen LogP contribution in [-0.4, -0.2) is 9.55 Å². The summed E-state index contributed by atoms with van der Waals surface area (Å²) in [6, 6.07) is 17.6. The highest BCUT2D eigenvalue weighted by atomic mass is 16.1. The van der Waals surface area contributed by atoms with Crippen molar-refractivity contribution in [2.75, 3.05) is 5.32 Å². The summed E-state index contributed by atoms with van der Waals surface area (Å²) < 4.78 is 1.75. The third-order valence-corrected chi connectivity index (χ3v) is 3.74. The summed E-state index contributed by atoms with van der Waals surface area (Å²) in [7, 11) is 0. The fourth-order valence-corrected chi connectivity index (χ4v) is 2.51. The molecule has 0 unspecified atom stereocenters. The van der Waals surface area contributed by atoms with Crippen LogP contribution in [0.4, 0.5) is 5.69 Å². The summed E-state index contributed by atoms with van der Waals surface area (Å²) in [5.74, 6) is 0. The molecule has 0 spiro atoms. The van der Waals surface area contributed by atoms with E-state index in [1.807, 2.05) is 43.3 Å². The highest BCUT2D eigenvalue weighted by molar-refractivity contribution is 5.44. The molecule has 3 aromatic rings. The standard InChI is InChI=1S/C19H19N3O/c1-15-10-18(21-13-16-6-3-2-4-7-16)11-19(23)22(15)14-17-8-5-9-20-12-17/h2-12,21H,13-14H2,1H3. The number of hydrogen-bond acceptors (Lipinski definition) is 3. The van der Waals surface area contributed by atoms with Crippen molar-refractivity contribution in [2.45, 2.75) is 20.0 Å². The molecule has 4 nitrogen and oxygen atoms in total. The second-order valence-corrected chi connectivity index (χ2v) is 5.51. The Morgan fingerprint density at radius 2 is 1.83 bits per heavy atom. The Morgan fingerprint density at radius 3 is 2.52 bits per heavy atom. The average Bonchev–Trinajstić information content (AvgIpc) is 2.58. The number of hydrogen-bond donors (Lipinski definition) is 1. The molecule has 0 aliphatic carbocycles. The van der Waals surface area contributed by atoms with Gasteiger partial charge in [0.15, 0.2) is 0 Å². The second kappa shape index (κ2) is 6.92. The summed E-state index contributed by atoms with van der Waals surface area (Å²) in [5, 5.41) is 3.31. The van der Waals surface area contributed by atoms with Gasteiger partial charge < -0.3 is 9.88 Å². The average molecular weight is 305 g/mol. The van der Waals surface area contributed by atoms with Crippen LogP contribution in [0.2, 0.25) is 0 Å². The van der Waals surface area contributed by atoms with Crippen LogP contribution in [0.5, 0.6) is 0 Å². The highest BCUT2D eigenvalue weighted by Gasteiger charge is 2.05. The maximum Gasteiger partial charge on any atom is 0.253 e. The lowest BCUT2D eigenvalue weighted by Crippen LogP contribution is -2.22. The summed E-state index contributed by atoms with van der Waals surface area (Å²) in [6.07, 6.45) is 3.52. The van der Waals surface area contributed by atoms with E-state index < -0.39 is 0 Å². The first kappa shape index (κ1) is 15.0. The van der Waals surface area contributed by atoms with Gasteiger partial charge in [-0.3, -0.25) is 9.78 Å². The third kappa shape index (κ3) is 3.86. The summed E-state index contributed by atoms with van der Waals surface area (Å²) in [5.41, 5.74) is 3.97. The van der Waals surface area contributed by atoms with Crippen molar-refractivity contribution < 1.29 is 0 Å². The minimum absolute atomic E-state index is 0.00980. The predicted molar refractivity (Wildman–Crippen MR) is 92.5 cm³/mol. The number of rotatable bonds is 5. The van der Waals surface area contributed by atoms with Crippen LogP contribution in [0.1, 0.15) is 16.8 Å². The van der Waals surface area contributed by atoms with Crippen LogP contribution in [0, 0.1) is 6.92 Å². The van der Waals surface area contributed by atoms with Gasteiger partial charge in [-0.2, -0.15) is 0 Å². The van der Waals surface area contributed by atoms with Crippen LogP contribution < -0.4 is 10.9 Å². The molecule has 0 saturated heterocycles. The van der Waals surface area contributed by atoms with Crippen molar-refractivity contribution in [2.24, 2.45) is 0 Å². The molecule has 1 N–H and O–H groups in total. The molecule has 0 radical (unpaired) electrons. The topological polar surface area (TPSA) is 46.9 Å². The predicted octanol–water partition coefficient (Wildman–Crippen LogP) is 3.21. The zero-order valence-corrected chi connectivity index (χ0v) is 13.1. The lowest BCUT2D eigenvalue weighted by atomic mass is 10.2. The van der Waals surface area contributed by atoms with E-state index in [1.54, 1.807) is 23.0 Å². The molecular weight excluding hydrogens is 286 g/mol. The number of aryl methyl sites for hydroxylation is 1. The third-order valence-electron chi connectivity index (χ3n) is 3.74. The van der Waals surface area contributed by atoms with E-state index in [4.69, 9.17) is 0 Å². The van der Waals surface area contributed by atoms with E-state index in [-0.39, 0.29) is 5.56 Å². The van der Waals surface area contributed by atoms with E-state index in [0.29, 0.717) is 13.1 Å². The number of pyridine rings is 2. The number of benzene rings is 1. The molecule has 1 aromatic carbocycles. The fraction of sp³-hybridized carbons (Fsp3) is 0.158. The molecule has 23 heavy (non-hydrogen) atoms. The van der Waals surface area contributed by atoms with Crippen molar-refractivity contribution in [3.63, 3.8) is 0 Å². The van der Waals surface area contributed by atoms with Gasteiger partial charge in [0.1, 0.15) is 0 Å². The van der Waals surface area contributed by atoms with Gasteiger partial charge in [-0.1, -0.05) is 36.4 Å². The number of nitrogens with one attached hydrogen (secondary N) is 1. The van der Waals surface area contributed by atoms with E-state index in [0.717, 1.165) is 16.9 Å². The molecular formula is C19H19N3O. The normalized spacial score (nSPS) is 10.5. The first-order chi connectivity index (χ1) is 11.2. The molecule has 4 heteroatoms. The Morgan fingerprint density at radius 1 is 1.04 bits per heavy atom. The zero-order chi connectivity index (χ0) is 16.1. The fourth-order valence-electron chi connectivity index (χ4n) is 2.51. The summed E-state index contributed by atoms with van der Waals surface area (Å²) >= 11 is 0. The van der Waals surface area contributed by atoms with Crippen molar-refractivity contribution in [1.29, 1.82) is 0 Å². The van der Waals surface area contributed by atoms with E-state index >= 15 is 0 Å². The molecule has 0 atom stereocenters. The van der Waals surface area contributed by atoms with Crippen LogP contribution in [-0.2, 0) is 13.1 Å². The Bertz CT molecular complexity index is 826. The van der Waals surface area contributed by atoms with Crippen molar-refractivity contribution in [3.8, 4) is 0 Å². The van der Waals surface area contributed by atoms with Gasteiger partial charge >= 0.3 is 0 Å². The minimum atomic E-state index is -0.00980. The number of aromatic nitrogens is 2. The molecule has 2 heterocycles. The van der Waals surface area contributed by atoms with Gasteiger partial charge in [0, 0.05) is 36.4 Å². The minimum Gasteiger partial charge on any atom is -0.381 e. The highest BCUT2D eigenvalue weighted by Crippen LogP contribution is 2.11. The van der Waals surface area contributed by atoms with Crippen LogP contribution in [0.25, 0.3) is 0 Å². The molecule has 0 aliphatic heterocycles. The Hall–Kier alpha value is -2.88. The second-order valence-electron chi connectivity index (χ2n) is 5.51. The van der Waals surface area contributed by atoms with Crippen LogP contribution in [0.3, 0.4) is 0 Å². The van der Waals surface area contributed by atoms with Crippen molar-refractivity contribution >= 4 is 5.69 Å². The summed E-state index contributed by atoms with van der Waals surface area (Å²) in [6.45, 7) is 3.19. The Labute approximate surface area is 135 Å². The van der Waals surface area contributed by atoms with Gasteiger partial charge in [-0.15, -0.1) is 0 Å². The Balaban J connectivity index is 1.76. The van der Waals surface area contributed by atoms with Crippen molar-refractivity contribution in [1.82, 2.24) is 9.55 Å². The van der Waals surface area contributed by atoms with Gasteiger partial charge in [-0.05, 0) is 30.2 Å². The van der Waals surface area contributed by atoms with E-state index in [1.165, 1.54) is 5.56 Å². The first-order valence-electron chi connectivity index (χ1n) is 7.60. The van der Waals surface area contributed by atoms with Crippen LogP contribution >= 0.6 is 0 Å². The molecule has 0 amide bonds. The number of nitrogens with zero attached hydrogens (tertiary/aromatic N) is 2. The molecule has 116 valence electrons. The molecule has 0 aliphatic rings. The van der Waals surface area contributed by atoms with E-state index in [9.17, 15) is 4.79 Å². The Kier molecular flexibility index (Phi) is 4.52. The quantitative estimate of drug-likeness (QED) is 0.787. The van der Waals surface area contributed by atoms with Gasteiger partial charge in [-0.25, -0.2) is 0 Å². The lowest BCUT2D eigenvalue weighted by molar-refractivity contribution is 0.727. The lowest BCUT2D eigenvalue weighted by Gasteiger charge is -2.13. The van der Waals surface area contributed by atoms with Gasteiger partial charge in [0.2, 0.25) is 0 Å².